The number of aromatic nitrogens is 3. The highest BCUT2D eigenvalue weighted by molar-refractivity contribution is 5.32. The summed E-state index contributed by atoms with van der Waals surface area (Å²) in [6.45, 7) is 2.12. The van der Waals surface area contributed by atoms with Gasteiger partial charge >= 0.3 is 0 Å². The minimum Gasteiger partial charge on any atom is -0.485 e. The van der Waals surface area contributed by atoms with Gasteiger partial charge in [-0.1, -0.05) is 0 Å². The van der Waals surface area contributed by atoms with Crippen molar-refractivity contribution in [1.29, 1.82) is 0 Å². The molecule has 0 bridgehead atoms. The molecule has 0 saturated heterocycles. The minimum atomic E-state index is -0.261. The molecule has 0 atom stereocenters. The van der Waals surface area contributed by atoms with E-state index >= 15 is 0 Å². The van der Waals surface area contributed by atoms with Crippen molar-refractivity contribution >= 4 is 0 Å². The molecule has 0 amide bonds. The molecule has 0 aliphatic heterocycles. The second-order valence-electron chi connectivity index (χ2n) is 3.56. The smallest absolute Gasteiger partial charge is 0.170 e. The molecule has 0 aliphatic carbocycles. The zero-order valence-electron chi connectivity index (χ0n) is 9.14. The Bertz CT molecular complexity index is 496. The fourth-order valence-corrected chi connectivity index (χ4v) is 1.35. The molecule has 4 nitrogen and oxygen atoms in total. The van der Waals surface area contributed by atoms with Crippen molar-refractivity contribution in [3.8, 4) is 5.75 Å². The highest BCUT2D eigenvalue weighted by atomic mass is 19.1. The van der Waals surface area contributed by atoms with Crippen LogP contribution < -0.4 is 4.74 Å². The van der Waals surface area contributed by atoms with Gasteiger partial charge in [-0.3, -0.25) is 0 Å². The van der Waals surface area contributed by atoms with E-state index in [1.54, 1.807) is 23.9 Å². The summed E-state index contributed by atoms with van der Waals surface area (Å²) in [7, 11) is 1.84. The van der Waals surface area contributed by atoms with Crippen molar-refractivity contribution in [2.24, 2.45) is 7.05 Å². The van der Waals surface area contributed by atoms with Crippen molar-refractivity contribution in [3.63, 3.8) is 0 Å². The monoisotopic (exact) mass is 221 g/mol. The molecule has 0 radical (unpaired) electrons. The summed E-state index contributed by atoms with van der Waals surface area (Å²) < 4.78 is 20.1. The summed E-state index contributed by atoms with van der Waals surface area (Å²) in [5.41, 5.74) is 0.766. The van der Waals surface area contributed by atoms with Gasteiger partial charge in [-0.05, 0) is 30.7 Å². The van der Waals surface area contributed by atoms with Crippen molar-refractivity contribution in [2.45, 2.75) is 13.5 Å². The van der Waals surface area contributed by atoms with Gasteiger partial charge in [0.25, 0.3) is 0 Å². The molecule has 16 heavy (non-hydrogen) atoms. The van der Waals surface area contributed by atoms with Gasteiger partial charge in [-0.25, -0.2) is 4.39 Å². The van der Waals surface area contributed by atoms with E-state index < -0.39 is 0 Å². The molecular formula is C11H12FN3O. The molecule has 1 heterocycles. The van der Waals surface area contributed by atoms with Gasteiger partial charge in [0.05, 0.1) is 0 Å². The van der Waals surface area contributed by atoms with E-state index in [0.29, 0.717) is 12.4 Å². The number of aryl methyl sites for hydroxylation is 2. The van der Waals surface area contributed by atoms with E-state index in [0.717, 1.165) is 11.4 Å². The SMILES string of the molecule is Cc1cc(F)ccc1OCc1nncn1C. The van der Waals surface area contributed by atoms with Crippen LogP contribution in [-0.4, -0.2) is 14.8 Å². The normalized spacial score (nSPS) is 10.4. The first kappa shape index (κ1) is 10.6. The maximum atomic E-state index is 12.8. The lowest BCUT2D eigenvalue weighted by Crippen LogP contribution is -2.03. The molecule has 2 rings (SSSR count). The number of hydrogen-bond donors (Lipinski definition) is 0. The van der Waals surface area contributed by atoms with Crippen LogP contribution in [0.1, 0.15) is 11.4 Å². The predicted molar refractivity (Wildman–Crippen MR) is 56.5 cm³/mol. The van der Waals surface area contributed by atoms with Crippen LogP contribution in [0.3, 0.4) is 0 Å². The summed E-state index contributed by atoms with van der Waals surface area (Å²) in [6, 6.07) is 4.42. The van der Waals surface area contributed by atoms with Gasteiger partial charge in [0, 0.05) is 7.05 Å². The molecule has 1 aromatic carbocycles. The van der Waals surface area contributed by atoms with E-state index in [4.69, 9.17) is 4.74 Å². The molecule has 5 heteroatoms. The highest BCUT2D eigenvalue weighted by Crippen LogP contribution is 2.19. The molecule has 0 spiro atoms. The molecule has 84 valence electrons. The van der Waals surface area contributed by atoms with Crippen LogP contribution in [0.15, 0.2) is 24.5 Å². The third-order valence-electron chi connectivity index (χ3n) is 2.30. The van der Waals surface area contributed by atoms with Gasteiger partial charge < -0.3 is 9.30 Å². The van der Waals surface area contributed by atoms with Gasteiger partial charge in [0.1, 0.15) is 24.5 Å². The molecular weight excluding hydrogens is 209 g/mol. The lowest BCUT2D eigenvalue weighted by atomic mass is 10.2. The maximum Gasteiger partial charge on any atom is 0.170 e. The molecule has 1 aromatic heterocycles. The summed E-state index contributed by atoms with van der Waals surface area (Å²) in [5.74, 6) is 1.12. The van der Waals surface area contributed by atoms with Crippen molar-refractivity contribution in [2.75, 3.05) is 0 Å². The van der Waals surface area contributed by atoms with E-state index in [1.807, 2.05) is 7.05 Å². The second-order valence-corrected chi connectivity index (χ2v) is 3.56. The van der Waals surface area contributed by atoms with Crippen molar-refractivity contribution in [3.05, 3.63) is 41.7 Å². The second kappa shape index (κ2) is 4.30. The topological polar surface area (TPSA) is 39.9 Å². The Morgan fingerprint density at radius 1 is 1.44 bits per heavy atom. The molecule has 0 N–H and O–H groups in total. The average molecular weight is 221 g/mol. The largest absolute Gasteiger partial charge is 0.485 e. The summed E-state index contributed by atoms with van der Waals surface area (Å²) in [5, 5.41) is 7.64. The Morgan fingerprint density at radius 3 is 2.88 bits per heavy atom. The third kappa shape index (κ3) is 2.18. The van der Waals surface area contributed by atoms with Crippen LogP contribution in [0.4, 0.5) is 4.39 Å². The van der Waals surface area contributed by atoms with E-state index in [-0.39, 0.29) is 5.82 Å². The van der Waals surface area contributed by atoms with Gasteiger partial charge in [0.2, 0.25) is 0 Å². The predicted octanol–water partition coefficient (Wildman–Crippen LogP) is 1.84. The van der Waals surface area contributed by atoms with Crippen LogP contribution in [0, 0.1) is 12.7 Å². The minimum absolute atomic E-state index is 0.261. The van der Waals surface area contributed by atoms with Crippen molar-refractivity contribution < 1.29 is 9.13 Å². The number of nitrogens with zero attached hydrogens (tertiary/aromatic N) is 3. The zero-order chi connectivity index (χ0) is 11.5. The maximum absolute atomic E-state index is 12.8. The Balaban J connectivity index is 2.08. The molecule has 0 unspecified atom stereocenters. The molecule has 2 aromatic rings. The number of halogens is 1. The van der Waals surface area contributed by atoms with E-state index in [2.05, 4.69) is 10.2 Å². The fraction of sp³-hybridized carbons (Fsp3) is 0.273. The van der Waals surface area contributed by atoms with E-state index in [9.17, 15) is 4.39 Å². The quantitative estimate of drug-likeness (QED) is 0.794. The average Bonchev–Trinajstić information content (AvgIpc) is 2.63. The number of rotatable bonds is 3. The number of ether oxygens (including phenoxy) is 1. The van der Waals surface area contributed by atoms with Gasteiger partial charge in [-0.15, -0.1) is 10.2 Å². The first-order valence-electron chi connectivity index (χ1n) is 4.88. The fourth-order valence-electron chi connectivity index (χ4n) is 1.35. The van der Waals surface area contributed by atoms with Crippen LogP contribution in [0.5, 0.6) is 5.75 Å². The summed E-state index contributed by atoms with van der Waals surface area (Å²) >= 11 is 0. The van der Waals surface area contributed by atoms with Crippen LogP contribution in [-0.2, 0) is 13.7 Å². The van der Waals surface area contributed by atoms with E-state index in [1.165, 1.54) is 12.1 Å². The van der Waals surface area contributed by atoms with Crippen molar-refractivity contribution in [1.82, 2.24) is 14.8 Å². The molecule has 0 saturated carbocycles. The lowest BCUT2D eigenvalue weighted by molar-refractivity contribution is 0.289. The molecule has 0 fully saturated rings. The first-order valence-corrected chi connectivity index (χ1v) is 4.88. The van der Waals surface area contributed by atoms with Gasteiger partial charge in [0.15, 0.2) is 5.82 Å². The standard InChI is InChI=1S/C11H12FN3O/c1-8-5-9(12)3-4-10(8)16-6-11-14-13-7-15(11)2/h3-5,7H,6H2,1-2H3. The zero-order valence-corrected chi connectivity index (χ0v) is 9.14. The Morgan fingerprint density at radius 2 is 2.25 bits per heavy atom. The number of benzene rings is 1. The first-order chi connectivity index (χ1) is 7.66. The van der Waals surface area contributed by atoms with Crippen LogP contribution in [0.25, 0.3) is 0 Å². The third-order valence-corrected chi connectivity index (χ3v) is 2.30. The lowest BCUT2D eigenvalue weighted by Gasteiger charge is -2.08. The Hall–Kier alpha value is -1.91. The van der Waals surface area contributed by atoms with Crippen LogP contribution in [0.2, 0.25) is 0 Å². The van der Waals surface area contributed by atoms with Crippen LogP contribution >= 0.6 is 0 Å². The Kier molecular flexibility index (Phi) is 2.85. The Labute approximate surface area is 92.7 Å². The summed E-state index contributed by atoms with van der Waals surface area (Å²) in [4.78, 5) is 0. The summed E-state index contributed by atoms with van der Waals surface area (Å²) in [6.07, 6.45) is 1.61. The highest BCUT2D eigenvalue weighted by Gasteiger charge is 2.04. The molecule has 0 aliphatic rings. The van der Waals surface area contributed by atoms with Gasteiger partial charge in [-0.2, -0.15) is 0 Å². The number of hydrogen-bond acceptors (Lipinski definition) is 3.